The predicted molar refractivity (Wildman–Crippen MR) is 60.5 cm³/mol. The van der Waals surface area contributed by atoms with Gasteiger partial charge in [0.1, 0.15) is 0 Å². The van der Waals surface area contributed by atoms with Crippen LogP contribution in [0.4, 0.5) is 0 Å². The van der Waals surface area contributed by atoms with Gasteiger partial charge in [0.2, 0.25) is 0 Å². The summed E-state index contributed by atoms with van der Waals surface area (Å²) in [5.74, 6) is 0. The zero-order chi connectivity index (χ0) is 10.2. The Morgan fingerprint density at radius 2 is 1.71 bits per heavy atom. The van der Waals surface area contributed by atoms with E-state index in [-0.39, 0.29) is 5.41 Å². The van der Waals surface area contributed by atoms with Crippen molar-refractivity contribution in [1.82, 2.24) is 5.32 Å². The first-order valence-corrected chi connectivity index (χ1v) is 5.41. The van der Waals surface area contributed by atoms with Crippen LogP contribution in [0.3, 0.4) is 0 Å². The second-order valence-electron chi connectivity index (χ2n) is 5.17. The van der Waals surface area contributed by atoms with E-state index in [1.807, 2.05) is 0 Å². The molecule has 0 unspecified atom stereocenters. The molecular weight excluding hydrogens is 170 g/mol. The SMILES string of the molecule is CC(C)(C)c1ccc([C@H]2CCN2)cc1. The molecule has 0 amide bonds. The second kappa shape index (κ2) is 3.39. The molecule has 1 aliphatic rings. The van der Waals surface area contributed by atoms with Crippen LogP contribution in [0.5, 0.6) is 0 Å². The highest BCUT2D eigenvalue weighted by Crippen LogP contribution is 2.26. The third kappa shape index (κ3) is 1.83. The Morgan fingerprint density at radius 3 is 2.07 bits per heavy atom. The van der Waals surface area contributed by atoms with Crippen molar-refractivity contribution >= 4 is 0 Å². The molecule has 0 radical (unpaired) electrons. The van der Waals surface area contributed by atoms with Crippen LogP contribution in [0, 0.1) is 0 Å². The summed E-state index contributed by atoms with van der Waals surface area (Å²) in [6.07, 6.45) is 1.29. The predicted octanol–water partition coefficient (Wildman–Crippen LogP) is 3.02. The fourth-order valence-electron chi connectivity index (χ4n) is 1.79. The molecule has 1 aliphatic heterocycles. The lowest BCUT2D eigenvalue weighted by molar-refractivity contribution is 0.383. The third-order valence-corrected chi connectivity index (χ3v) is 3.00. The zero-order valence-corrected chi connectivity index (χ0v) is 9.30. The standard InChI is InChI=1S/C13H19N/c1-13(2,3)11-6-4-10(5-7-11)12-8-9-14-12/h4-7,12,14H,8-9H2,1-3H3/t12-/m1/s1. The van der Waals surface area contributed by atoms with Crippen LogP contribution in [-0.2, 0) is 5.41 Å². The van der Waals surface area contributed by atoms with Crippen LogP contribution >= 0.6 is 0 Å². The molecule has 1 nitrogen and oxygen atoms in total. The number of hydrogen-bond donors (Lipinski definition) is 1. The van der Waals surface area contributed by atoms with Crippen LogP contribution in [0.1, 0.15) is 44.4 Å². The van der Waals surface area contributed by atoms with Gasteiger partial charge >= 0.3 is 0 Å². The van der Waals surface area contributed by atoms with Crippen LogP contribution in [0.15, 0.2) is 24.3 Å². The van der Waals surface area contributed by atoms with Gasteiger partial charge in [-0.3, -0.25) is 0 Å². The monoisotopic (exact) mass is 189 g/mol. The van der Waals surface area contributed by atoms with Gasteiger partial charge in [0.15, 0.2) is 0 Å². The Morgan fingerprint density at radius 1 is 1.14 bits per heavy atom. The highest BCUT2D eigenvalue weighted by molar-refractivity contribution is 5.29. The minimum Gasteiger partial charge on any atom is -0.310 e. The number of hydrogen-bond acceptors (Lipinski definition) is 1. The fraction of sp³-hybridized carbons (Fsp3) is 0.538. The average Bonchev–Trinajstić information content (AvgIpc) is 2.00. The van der Waals surface area contributed by atoms with Crippen LogP contribution in [0.25, 0.3) is 0 Å². The van der Waals surface area contributed by atoms with Gasteiger partial charge in [-0.25, -0.2) is 0 Å². The molecule has 1 atom stereocenters. The van der Waals surface area contributed by atoms with Gasteiger partial charge in [-0.2, -0.15) is 0 Å². The van der Waals surface area contributed by atoms with Crippen molar-refractivity contribution in [3.63, 3.8) is 0 Å². The molecule has 2 rings (SSSR count). The lowest BCUT2D eigenvalue weighted by Crippen LogP contribution is -2.34. The topological polar surface area (TPSA) is 12.0 Å². The molecule has 0 aliphatic carbocycles. The summed E-state index contributed by atoms with van der Waals surface area (Å²) in [4.78, 5) is 0. The van der Waals surface area contributed by atoms with Crippen molar-refractivity contribution in [2.75, 3.05) is 6.54 Å². The zero-order valence-electron chi connectivity index (χ0n) is 9.30. The Labute approximate surface area is 86.5 Å². The lowest BCUT2D eigenvalue weighted by atomic mass is 9.85. The van der Waals surface area contributed by atoms with E-state index in [1.54, 1.807) is 0 Å². The minimum absolute atomic E-state index is 0.269. The summed E-state index contributed by atoms with van der Waals surface area (Å²) < 4.78 is 0. The van der Waals surface area contributed by atoms with Crippen molar-refractivity contribution < 1.29 is 0 Å². The Balaban J connectivity index is 2.17. The van der Waals surface area contributed by atoms with E-state index in [4.69, 9.17) is 0 Å². The molecule has 1 N–H and O–H groups in total. The highest BCUT2D eigenvalue weighted by atomic mass is 15.0. The molecule has 1 heterocycles. The molecule has 0 saturated carbocycles. The van der Waals surface area contributed by atoms with Gasteiger partial charge in [-0.05, 0) is 29.5 Å². The molecule has 0 spiro atoms. The summed E-state index contributed by atoms with van der Waals surface area (Å²) in [6, 6.07) is 9.66. The number of benzene rings is 1. The third-order valence-electron chi connectivity index (χ3n) is 3.00. The van der Waals surface area contributed by atoms with Crippen molar-refractivity contribution in [1.29, 1.82) is 0 Å². The summed E-state index contributed by atoms with van der Waals surface area (Å²) in [7, 11) is 0. The minimum atomic E-state index is 0.269. The van der Waals surface area contributed by atoms with Crippen molar-refractivity contribution in [2.45, 2.75) is 38.6 Å². The van der Waals surface area contributed by atoms with Crippen LogP contribution in [-0.4, -0.2) is 6.54 Å². The van der Waals surface area contributed by atoms with Crippen LogP contribution in [0.2, 0.25) is 0 Å². The molecule has 76 valence electrons. The summed E-state index contributed by atoms with van der Waals surface area (Å²) in [5, 5.41) is 3.42. The largest absolute Gasteiger partial charge is 0.310 e. The Bertz CT molecular complexity index is 301. The molecule has 1 saturated heterocycles. The van der Waals surface area contributed by atoms with Gasteiger partial charge in [-0.1, -0.05) is 45.0 Å². The molecule has 0 bridgehead atoms. The van der Waals surface area contributed by atoms with E-state index in [1.165, 1.54) is 24.1 Å². The van der Waals surface area contributed by atoms with Crippen molar-refractivity contribution in [3.8, 4) is 0 Å². The van der Waals surface area contributed by atoms with E-state index in [2.05, 4.69) is 50.4 Å². The summed E-state index contributed by atoms with van der Waals surface area (Å²) in [6.45, 7) is 7.93. The van der Waals surface area contributed by atoms with Gasteiger partial charge in [0.05, 0.1) is 0 Å². The Hall–Kier alpha value is -0.820. The van der Waals surface area contributed by atoms with E-state index in [9.17, 15) is 0 Å². The van der Waals surface area contributed by atoms with Gasteiger partial charge in [-0.15, -0.1) is 0 Å². The lowest BCUT2D eigenvalue weighted by Gasteiger charge is -2.28. The normalized spacial score (nSPS) is 21.8. The smallest absolute Gasteiger partial charge is 0.0332 e. The number of nitrogens with one attached hydrogen (secondary N) is 1. The Kier molecular flexibility index (Phi) is 2.36. The maximum absolute atomic E-state index is 3.42. The van der Waals surface area contributed by atoms with Crippen LogP contribution < -0.4 is 5.32 Å². The van der Waals surface area contributed by atoms with Gasteiger partial charge in [0, 0.05) is 6.04 Å². The first-order chi connectivity index (χ1) is 6.57. The molecule has 1 heteroatoms. The molecule has 14 heavy (non-hydrogen) atoms. The molecular formula is C13H19N. The fourth-order valence-corrected chi connectivity index (χ4v) is 1.79. The molecule has 1 aromatic rings. The van der Waals surface area contributed by atoms with E-state index in [0.717, 1.165) is 0 Å². The molecule has 1 aromatic carbocycles. The molecule has 1 fully saturated rings. The van der Waals surface area contributed by atoms with Crippen molar-refractivity contribution in [2.24, 2.45) is 0 Å². The molecule has 0 aromatic heterocycles. The van der Waals surface area contributed by atoms with Crippen molar-refractivity contribution in [3.05, 3.63) is 35.4 Å². The first kappa shape index (κ1) is 9.72. The van der Waals surface area contributed by atoms with E-state index >= 15 is 0 Å². The quantitative estimate of drug-likeness (QED) is 0.716. The summed E-state index contributed by atoms with van der Waals surface area (Å²) in [5.41, 5.74) is 3.12. The van der Waals surface area contributed by atoms with E-state index < -0.39 is 0 Å². The maximum atomic E-state index is 3.42. The maximum Gasteiger partial charge on any atom is 0.0332 e. The average molecular weight is 189 g/mol. The first-order valence-electron chi connectivity index (χ1n) is 5.41. The number of rotatable bonds is 1. The second-order valence-corrected chi connectivity index (χ2v) is 5.17. The van der Waals surface area contributed by atoms with Gasteiger partial charge in [0.25, 0.3) is 0 Å². The van der Waals surface area contributed by atoms with Gasteiger partial charge < -0.3 is 5.32 Å². The summed E-state index contributed by atoms with van der Waals surface area (Å²) >= 11 is 0. The van der Waals surface area contributed by atoms with E-state index in [0.29, 0.717) is 6.04 Å². The highest BCUT2D eigenvalue weighted by Gasteiger charge is 2.19.